The molecule has 2 amide bonds. The minimum absolute atomic E-state index is 0.00384. The summed E-state index contributed by atoms with van der Waals surface area (Å²) >= 11 is 0. The number of aliphatic imine (C=N–C) groups is 1. The quantitative estimate of drug-likeness (QED) is 0.230. The monoisotopic (exact) mass is 397 g/mol. The molecule has 0 radical (unpaired) electrons. The Morgan fingerprint density at radius 3 is 2.55 bits per heavy atom. The molecule has 2 heterocycles. The maximum Gasteiger partial charge on any atom is 0.247 e. The first kappa shape index (κ1) is 20.5. The zero-order valence-electron chi connectivity index (χ0n) is 16.4. The van der Waals surface area contributed by atoms with Crippen molar-refractivity contribution in [2.45, 2.75) is 38.1 Å². The smallest absolute Gasteiger partial charge is 0.247 e. The van der Waals surface area contributed by atoms with E-state index in [2.05, 4.69) is 15.6 Å². The van der Waals surface area contributed by atoms with Gasteiger partial charge in [-0.15, -0.1) is 0 Å². The third kappa shape index (κ3) is 5.60. The first-order valence-corrected chi connectivity index (χ1v) is 9.99. The highest BCUT2D eigenvalue weighted by atomic mass is 16.2. The number of nitrogens with one attached hydrogen (secondary N) is 2. The van der Waals surface area contributed by atoms with Crippen LogP contribution in [-0.2, 0) is 9.59 Å². The largest absolute Gasteiger partial charge is 0.399 e. The fourth-order valence-corrected chi connectivity index (χ4v) is 3.60. The third-order valence-corrected chi connectivity index (χ3v) is 5.17. The van der Waals surface area contributed by atoms with Crippen molar-refractivity contribution in [2.24, 2.45) is 4.99 Å². The number of carbonyl (C=O) groups is 2. The predicted molar refractivity (Wildman–Crippen MR) is 111 cm³/mol. The molecule has 2 aliphatic rings. The van der Waals surface area contributed by atoms with Crippen LogP contribution in [0.4, 0.5) is 11.4 Å². The Labute approximate surface area is 170 Å². The zero-order chi connectivity index (χ0) is 20.6. The standard InChI is InChI=1S/C20H27N7O2/c21-14-23-20(24-16-8-6-15(22)7-9-16)25-17-5-1-2-12-27(19(17)29)13-18(28)26-10-3-4-11-26/h6-9,17H,1-5,10-13,22H2,(H2,23,24,25). The summed E-state index contributed by atoms with van der Waals surface area (Å²) in [7, 11) is 0. The molecule has 0 spiro atoms. The van der Waals surface area contributed by atoms with Gasteiger partial charge >= 0.3 is 0 Å². The molecule has 0 bridgehead atoms. The molecule has 0 aromatic heterocycles. The van der Waals surface area contributed by atoms with Crippen LogP contribution < -0.4 is 16.4 Å². The van der Waals surface area contributed by atoms with Gasteiger partial charge in [-0.2, -0.15) is 5.26 Å². The molecule has 1 aromatic rings. The summed E-state index contributed by atoms with van der Waals surface area (Å²) in [5, 5.41) is 14.6. The molecule has 4 N–H and O–H groups in total. The van der Waals surface area contributed by atoms with Gasteiger partial charge in [-0.25, -0.2) is 4.99 Å². The van der Waals surface area contributed by atoms with E-state index in [0.717, 1.165) is 38.8 Å². The molecule has 3 rings (SSSR count). The lowest BCUT2D eigenvalue weighted by Crippen LogP contribution is -2.45. The maximum absolute atomic E-state index is 13.0. The van der Waals surface area contributed by atoms with Gasteiger partial charge in [0.15, 0.2) is 6.19 Å². The second kappa shape index (κ2) is 9.78. The van der Waals surface area contributed by atoms with Crippen molar-refractivity contribution in [1.29, 1.82) is 5.26 Å². The molecule has 2 aliphatic heterocycles. The van der Waals surface area contributed by atoms with E-state index >= 15 is 0 Å². The van der Waals surface area contributed by atoms with Crippen LogP contribution in [0.3, 0.4) is 0 Å². The van der Waals surface area contributed by atoms with Crippen molar-refractivity contribution in [3.05, 3.63) is 24.3 Å². The highest BCUT2D eigenvalue weighted by Gasteiger charge is 2.30. The number of nitrogens with zero attached hydrogens (tertiary/aromatic N) is 4. The number of nitrogen functional groups attached to an aromatic ring is 1. The molecule has 2 fully saturated rings. The lowest BCUT2D eigenvalue weighted by Gasteiger charge is -2.25. The Balaban J connectivity index is 1.71. The average molecular weight is 397 g/mol. The molecule has 29 heavy (non-hydrogen) atoms. The fraction of sp³-hybridized carbons (Fsp3) is 0.500. The number of hydrogen-bond acceptors (Lipinski definition) is 5. The summed E-state index contributed by atoms with van der Waals surface area (Å²) in [5.74, 6) is 0.0191. The molecule has 1 atom stereocenters. The van der Waals surface area contributed by atoms with Crippen molar-refractivity contribution >= 4 is 29.1 Å². The summed E-state index contributed by atoms with van der Waals surface area (Å²) < 4.78 is 0. The van der Waals surface area contributed by atoms with Crippen LogP contribution in [0.1, 0.15) is 32.1 Å². The van der Waals surface area contributed by atoms with Crippen LogP contribution in [0.15, 0.2) is 29.3 Å². The summed E-state index contributed by atoms with van der Waals surface area (Å²) in [6.07, 6.45) is 6.12. The lowest BCUT2D eigenvalue weighted by atomic mass is 10.1. The number of amides is 2. The number of carbonyl (C=O) groups excluding carboxylic acids is 2. The molecule has 154 valence electrons. The van der Waals surface area contributed by atoms with Crippen molar-refractivity contribution in [1.82, 2.24) is 15.1 Å². The van der Waals surface area contributed by atoms with Crippen LogP contribution in [0.5, 0.6) is 0 Å². The number of nitrogens with two attached hydrogens (primary N) is 1. The Bertz CT molecular complexity index is 794. The van der Waals surface area contributed by atoms with Gasteiger partial charge in [0, 0.05) is 31.0 Å². The van der Waals surface area contributed by atoms with Crippen LogP contribution in [0.25, 0.3) is 0 Å². The number of rotatable bonds is 4. The number of hydrogen-bond donors (Lipinski definition) is 3. The van der Waals surface area contributed by atoms with Gasteiger partial charge in [0.25, 0.3) is 0 Å². The van der Waals surface area contributed by atoms with Gasteiger partial charge in [0.2, 0.25) is 17.8 Å². The summed E-state index contributed by atoms with van der Waals surface area (Å²) in [5.41, 5.74) is 7.02. The number of benzene rings is 1. The molecular weight excluding hydrogens is 370 g/mol. The van der Waals surface area contributed by atoms with Crippen molar-refractivity contribution < 1.29 is 9.59 Å². The van der Waals surface area contributed by atoms with Crippen LogP contribution >= 0.6 is 0 Å². The minimum Gasteiger partial charge on any atom is -0.399 e. The van der Waals surface area contributed by atoms with E-state index in [1.54, 1.807) is 29.2 Å². The van der Waals surface area contributed by atoms with Crippen LogP contribution in [0, 0.1) is 11.5 Å². The molecule has 9 nitrogen and oxygen atoms in total. The van der Waals surface area contributed by atoms with Gasteiger partial charge in [-0.05, 0) is 56.4 Å². The van der Waals surface area contributed by atoms with Gasteiger partial charge in [0.1, 0.15) is 6.04 Å². The molecule has 2 saturated heterocycles. The van der Waals surface area contributed by atoms with E-state index in [-0.39, 0.29) is 24.3 Å². The zero-order valence-corrected chi connectivity index (χ0v) is 16.4. The number of nitriles is 1. The van der Waals surface area contributed by atoms with E-state index in [4.69, 9.17) is 11.0 Å². The number of anilines is 2. The molecule has 0 aliphatic carbocycles. The van der Waals surface area contributed by atoms with Crippen molar-refractivity contribution in [3.63, 3.8) is 0 Å². The Morgan fingerprint density at radius 2 is 1.86 bits per heavy atom. The van der Waals surface area contributed by atoms with Crippen molar-refractivity contribution in [2.75, 3.05) is 37.2 Å². The molecule has 0 saturated carbocycles. The highest BCUT2D eigenvalue weighted by molar-refractivity contribution is 5.97. The number of guanidine groups is 1. The Hall–Kier alpha value is -3.28. The SMILES string of the molecule is N#CNC(=NC1CCCCN(CC(=O)N2CCCC2)C1=O)Nc1ccc(N)cc1. The fourth-order valence-electron chi connectivity index (χ4n) is 3.60. The maximum atomic E-state index is 13.0. The second-order valence-corrected chi connectivity index (χ2v) is 7.32. The first-order valence-electron chi connectivity index (χ1n) is 9.99. The minimum atomic E-state index is -0.638. The second-order valence-electron chi connectivity index (χ2n) is 7.32. The molecule has 1 aromatic carbocycles. The van der Waals surface area contributed by atoms with E-state index in [1.807, 2.05) is 11.1 Å². The van der Waals surface area contributed by atoms with Crippen molar-refractivity contribution in [3.8, 4) is 6.19 Å². The van der Waals surface area contributed by atoms with Gasteiger partial charge < -0.3 is 20.9 Å². The lowest BCUT2D eigenvalue weighted by molar-refractivity contribution is -0.140. The molecular formula is C20H27N7O2. The summed E-state index contributed by atoms with van der Waals surface area (Å²) in [6, 6.07) is 6.35. The Morgan fingerprint density at radius 1 is 1.17 bits per heavy atom. The van der Waals surface area contributed by atoms with Crippen LogP contribution in [0.2, 0.25) is 0 Å². The summed E-state index contributed by atoms with van der Waals surface area (Å²) in [6.45, 7) is 2.18. The average Bonchev–Trinajstić information content (AvgIpc) is 3.20. The summed E-state index contributed by atoms with van der Waals surface area (Å²) in [4.78, 5) is 33.4. The van der Waals surface area contributed by atoms with E-state index in [9.17, 15) is 9.59 Å². The van der Waals surface area contributed by atoms with E-state index < -0.39 is 6.04 Å². The Kier molecular flexibility index (Phi) is 6.89. The highest BCUT2D eigenvalue weighted by Crippen LogP contribution is 2.17. The number of likely N-dealkylation sites (tertiary alicyclic amines) is 2. The predicted octanol–water partition coefficient (Wildman–Crippen LogP) is 1.11. The van der Waals surface area contributed by atoms with E-state index in [0.29, 0.717) is 24.3 Å². The van der Waals surface area contributed by atoms with Gasteiger partial charge in [0.05, 0.1) is 6.54 Å². The van der Waals surface area contributed by atoms with Crippen LogP contribution in [-0.4, -0.2) is 59.8 Å². The first-order chi connectivity index (χ1) is 14.1. The third-order valence-electron chi connectivity index (χ3n) is 5.17. The molecule has 9 heteroatoms. The van der Waals surface area contributed by atoms with Gasteiger partial charge in [-0.1, -0.05) is 0 Å². The van der Waals surface area contributed by atoms with Gasteiger partial charge in [-0.3, -0.25) is 14.9 Å². The topological polar surface area (TPSA) is 127 Å². The normalized spacial score (nSPS) is 20.2. The van der Waals surface area contributed by atoms with E-state index in [1.165, 1.54) is 0 Å². The molecule has 1 unspecified atom stereocenters.